The molecule has 5 rings (SSSR count). The van der Waals surface area contributed by atoms with Gasteiger partial charge in [-0.2, -0.15) is 26.3 Å². The molecule has 1 amide bonds. The van der Waals surface area contributed by atoms with Gasteiger partial charge in [0, 0.05) is 18.5 Å². The third-order valence-electron chi connectivity index (χ3n) is 9.32. The molecule has 14 heteroatoms. The van der Waals surface area contributed by atoms with E-state index in [9.17, 15) is 35.9 Å². The second kappa shape index (κ2) is 13.8. The Morgan fingerprint density at radius 2 is 1.67 bits per heavy atom. The average molecular weight is 682 g/mol. The smallest absolute Gasteiger partial charge is 0.403 e. The molecule has 0 unspecified atom stereocenters. The van der Waals surface area contributed by atoms with Crippen LogP contribution < -0.4 is 20.1 Å². The zero-order valence-electron chi connectivity index (χ0n) is 26.7. The van der Waals surface area contributed by atoms with Crippen LogP contribution in [-0.2, 0) is 33.7 Å². The van der Waals surface area contributed by atoms with Gasteiger partial charge in [-0.05, 0) is 72.4 Å². The number of amides is 1. The van der Waals surface area contributed by atoms with Crippen molar-refractivity contribution in [2.45, 2.75) is 50.6 Å². The fourth-order valence-electron chi connectivity index (χ4n) is 6.83. The van der Waals surface area contributed by atoms with E-state index in [1.807, 2.05) is 18.2 Å². The van der Waals surface area contributed by atoms with Gasteiger partial charge in [0.2, 0.25) is 5.91 Å². The first-order valence-electron chi connectivity index (χ1n) is 15.5. The maximum atomic E-state index is 14.5. The zero-order valence-corrected chi connectivity index (χ0v) is 26.7. The van der Waals surface area contributed by atoms with E-state index in [1.165, 1.54) is 0 Å². The number of hydrogen-bond donors (Lipinski definition) is 2. The predicted molar refractivity (Wildman–Crippen MR) is 166 cm³/mol. The number of alkyl halides is 6. The van der Waals surface area contributed by atoms with E-state index in [4.69, 9.17) is 14.2 Å². The van der Waals surface area contributed by atoms with Gasteiger partial charge < -0.3 is 24.8 Å². The second-order valence-corrected chi connectivity index (χ2v) is 12.1. The summed E-state index contributed by atoms with van der Waals surface area (Å²) in [6.07, 6.45) is -10.9. The van der Waals surface area contributed by atoms with Crippen LogP contribution in [0, 0.1) is 5.41 Å². The van der Waals surface area contributed by atoms with Gasteiger partial charge in [0.1, 0.15) is 23.0 Å². The molecule has 8 nitrogen and oxygen atoms in total. The molecule has 2 aliphatic heterocycles. The van der Waals surface area contributed by atoms with Gasteiger partial charge in [0.25, 0.3) is 0 Å². The van der Waals surface area contributed by atoms with E-state index >= 15 is 0 Å². The number of carbonyl (C=O) groups excluding carboxylic acids is 2. The minimum atomic E-state index is -5.07. The van der Waals surface area contributed by atoms with Crippen LogP contribution in [0.2, 0.25) is 0 Å². The van der Waals surface area contributed by atoms with Gasteiger partial charge in [-0.15, -0.1) is 0 Å². The van der Waals surface area contributed by atoms with Crippen molar-refractivity contribution in [3.8, 4) is 22.6 Å². The van der Waals surface area contributed by atoms with Gasteiger partial charge in [0.15, 0.2) is 0 Å². The Labute approximate surface area is 273 Å². The van der Waals surface area contributed by atoms with Crippen LogP contribution in [0.4, 0.5) is 26.3 Å². The Morgan fingerprint density at radius 3 is 2.29 bits per heavy atom. The Hall–Kier alpha value is -4.04. The summed E-state index contributed by atoms with van der Waals surface area (Å²) in [7, 11) is 4.21. The number of nitrogens with one attached hydrogen (secondary N) is 2. The van der Waals surface area contributed by atoms with Crippen molar-refractivity contribution in [1.29, 1.82) is 0 Å². The summed E-state index contributed by atoms with van der Waals surface area (Å²) in [5, 5.41) is 7.03. The van der Waals surface area contributed by atoms with Crippen molar-refractivity contribution in [3.05, 3.63) is 59.2 Å². The molecule has 0 bridgehead atoms. The monoisotopic (exact) mass is 681 g/mol. The number of nitrogens with zero attached hydrogens (tertiary/aromatic N) is 1. The lowest BCUT2D eigenvalue weighted by atomic mass is 9.76. The molecule has 1 atom stereocenters. The Balaban J connectivity index is 1.49. The summed E-state index contributed by atoms with van der Waals surface area (Å²) < 4.78 is 98.7. The number of benzene rings is 3. The van der Waals surface area contributed by atoms with Gasteiger partial charge in [-0.3, -0.25) is 9.69 Å². The molecule has 0 aromatic heterocycles. The normalized spacial score (nSPS) is 17.4. The lowest BCUT2D eigenvalue weighted by Crippen LogP contribution is -2.59. The molecule has 1 fully saturated rings. The SMILES string of the molecule is COC(=O)[C@H](Cc1cccc2c(-c3c(OC)cc4c(c3OC)CNCC4)cccc12)NC(=O)C1(C(F)(F)F)CCN(CC(F)(F)F)CC1. The van der Waals surface area contributed by atoms with Crippen LogP contribution in [0.5, 0.6) is 11.5 Å². The molecular weight excluding hydrogens is 644 g/mol. The average Bonchev–Trinajstić information content (AvgIpc) is 3.05. The molecule has 3 aromatic carbocycles. The lowest BCUT2D eigenvalue weighted by molar-refractivity contribution is -0.236. The summed E-state index contributed by atoms with van der Waals surface area (Å²) in [6.45, 7) is -1.14. The van der Waals surface area contributed by atoms with E-state index in [0.717, 1.165) is 47.1 Å². The molecule has 2 heterocycles. The topological polar surface area (TPSA) is 89.1 Å². The first-order valence-corrected chi connectivity index (χ1v) is 15.5. The molecule has 0 radical (unpaired) electrons. The fraction of sp³-hybridized carbons (Fsp3) is 0.471. The Bertz CT molecular complexity index is 1670. The van der Waals surface area contributed by atoms with E-state index in [2.05, 4.69) is 10.6 Å². The van der Waals surface area contributed by atoms with Crippen LogP contribution in [0.1, 0.15) is 29.5 Å². The number of likely N-dealkylation sites (tertiary alicyclic amines) is 1. The van der Waals surface area contributed by atoms with E-state index < -0.39 is 68.2 Å². The molecule has 2 N–H and O–H groups in total. The number of ether oxygens (including phenoxy) is 3. The minimum Gasteiger partial charge on any atom is -0.496 e. The van der Waals surface area contributed by atoms with Gasteiger partial charge in [0.05, 0.1) is 33.4 Å². The van der Waals surface area contributed by atoms with Crippen molar-refractivity contribution in [2.24, 2.45) is 5.41 Å². The van der Waals surface area contributed by atoms with E-state index in [-0.39, 0.29) is 6.42 Å². The van der Waals surface area contributed by atoms with E-state index in [1.54, 1.807) is 38.5 Å². The molecule has 260 valence electrons. The number of halogens is 6. The Kier molecular flexibility index (Phi) is 10.2. The predicted octanol–water partition coefficient (Wildman–Crippen LogP) is 5.58. The van der Waals surface area contributed by atoms with Crippen LogP contribution in [0.15, 0.2) is 42.5 Å². The highest BCUT2D eigenvalue weighted by molar-refractivity contribution is 6.02. The zero-order chi connectivity index (χ0) is 34.9. The van der Waals surface area contributed by atoms with Gasteiger partial charge >= 0.3 is 18.3 Å². The van der Waals surface area contributed by atoms with Crippen molar-refractivity contribution in [2.75, 3.05) is 47.5 Å². The van der Waals surface area contributed by atoms with Crippen LogP contribution in [0.3, 0.4) is 0 Å². The summed E-state index contributed by atoms with van der Waals surface area (Å²) in [5.74, 6) is -1.19. The molecule has 3 aromatic rings. The number of esters is 1. The second-order valence-electron chi connectivity index (χ2n) is 12.1. The number of rotatable bonds is 9. The lowest BCUT2D eigenvalue weighted by Gasteiger charge is -2.42. The number of hydrogen-bond acceptors (Lipinski definition) is 7. The minimum absolute atomic E-state index is 0.213. The molecule has 1 saturated heterocycles. The Morgan fingerprint density at radius 1 is 0.979 bits per heavy atom. The summed E-state index contributed by atoms with van der Waals surface area (Å²) in [5.41, 5.74) is 1.16. The summed E-state index contributed by atoms with van der Waals surface area (Å²) in [4.78, 5) is 27.2. The number of fused-ring (bicyclic) bond motifs is 2. The number of methoxy groups -OCH3 is 3. The van der Waals surface area contributed by atoms with Gasteiger partial charge in [-0.1, -0.05) is 36.4 Å². The largest absolute Gasteiger partial charge is 0.496 e. The standard InChI is InChI=1S/C34H37F6N3O5/c1-46-27-17-21-10-13-41-18-25(21)29(47-2)28(27)24-9-5-7-22-20(6-4-8-23(22)24)16-26(30(44)48-3)42-31(45)32(34(38,39)40)11-14-43(15-12-32)19-33(35,36)37/h4-9,17,26,41H,10-16,18-19H2,1-3H3,(H,42,45)/t26-/m0/s1. The summed E-state index contributed by atoms with van der Waals surface area (Å²) in [6, 6.07) is 11.3. The van der Waals surface area contributed by atoms with Crippen molar-refractivity contribution in [1.82, 2.24) is 15.5 Å². The fourth-order valence-corrected chi connectivity index (χ4v) is 6.83. The maximum absolute atomic E-state index is 14.5. The first-order chi connectivity index (χ1) is 22.7. The molecule has 0 saturated carbocycles. The molecule has 0 spiro atoms. The molecule has 0 aliphatic carbocycles. The van der Waals surface area contributed by atoms with E-state index in [0.29, 0.717) is 34.6 Å². The highest BCUT2D eigenvalue weighted by Crippen LogP contribution is 2.48. The third-order valence-corrected chi connectivity index (χ3v) is 9.32. The first kappa shape index (κ1) is 35.3. The maximum Gasteiger partial charge on any atom is 0.403 e. The van der Waals surface area contributed by atoms with Gasteiger partial charge in [-0.25, -0.2) is 4.79 Å². The molecular formula is C34H37F6N3O5. The van der Waals surface area contributed by atoms with Crippen LogP contribution in [0.25, 0.3) is 21.9 Å². The number of piperidine rings is 1. The van der Waals surface area contributed by atoms with Crippen molar-refractivity contribution in [3.63, 3.8) is 0 Å². The highest BCUT2D eigenvalue weighted by Gasteiger charge is 2.61. The highest BCUT2D eigenvalue weighted by atomic mass is 19.4. The molecule has 2 aliphatic rings. The van der Waals surface area contributed by atoms with Crippen LogP contribution >= 0.6 is 0 Å². The quantitative estimate of drug-likeness (QED) is 0.226. The third kappa shape index (κ3) is 6.91. The summed E-state index contributed by atoms with van der Waals surface area (Å²) >= 11 is 0. The van der Waals surface area contributed by atoms with Crippen LogP contribution in [-0.4, -0.2) is 82.7 Å². The van der Waals surface area contributed by atoms with Crippen molar-refractivity contribution >= 4 is 22.6 Å². The number of carbonyl (C=O) groups is 2. The van der Waals surface area contributed by atoms with Crippen molar-refractivity contribution < 1.29 is 50.1 Å². The molecule has 48 heavy (non-hydrogen) atoms.